The topological polar surface area (TPSA) is 55.1 Å². The van der Waals surface area contributed by atoms with E-state index in [1.807, 2.05) is 25.1 Å². The molecule has 1 saturated carbocycles. The van der Waals surface area contributed by atoms with Gasteiger partial charge in [-0.2, -0.15) is 0 Å². The fourth-order valence-electron chi connectivity index (χ4n) is 2.41. The van der Waals surface area contributed by atoms with Crippen molar-refractivity contribution < 1.29 is 4.79 Å². The molecule has 0 radical (unpaired) electrons. The van der Waals surface area contributed by atoms with E-state index in [2.05, 4.69) is 27.9 Å². The minimum absolute atomic E-state index is 0.00505. The highest BCUT2D eigenvalue weighted by Crippen LogP contribution is 2.20. The molecule has 1 aliphatic rings. The first kappa shape index (κ1) is 13.8. The van der Waals surface area contributed by atoms with Crippen LogP contribution in [0.1, 0.15) is 41.6 Å². The molecule has 1 aliphatic carbocycles. The molecule has 1 fully saturated rings. The molecule has 0 heterocycles. The lowest BCUT2D eigenvalue weighted by Gasteiger charge is -2.29. The summed E-state index contributed by atoms with van der Waals surface area (Å²) >= 11 is 2.23. The molecule has 4 heteroatoms. The third-order valence-electron chi connectivity index (χ3n) is 3.57. The predicted octanol–water partition coefficient (Wildman–Crippen LogP) is 2.60. The van der Waals surface area contributed by atoms with Crippen molar-refractivity contribution in [3.63, 3.8) is 0 Å². The number of carbonyl (C=O) groups is 1. The fraction of sp³-hybridized carbons (Fsp3) is 0.500. The zero-order valence-corrected chi connectivity index (χ0v) is 12.7. The van der Waals surface area contributed by atoms with Crippen LogP contribution in [0, 0.1) is 10.5 Å². The molecule has 0 bridgehead atoms. The van der Waals surface area contributed by atoms with Crippen LogP contribution in [0.2, 0.25) is 0 Å². The summed E-state index contributed by atoms with van der Waals surface area (Å²) in [5.41, 5.74) is 7.95. The maximum Gasteiger partial charge on any atom is 0.252 e. The molecule has 1 amide bonds. The molecule has 0 spiro atoms. The zero-order valence-electron chi connectivity index (χ0n) is 10.6. The van der Waals surface area contributed by atoms with Crippen molar-refractivity contribution in [3.8, 4) is 0 Å². The van der Waals surface area contributed by atoms with E-state index in [0.29, 0.717) is 0 Å². The summed E-state index contributed by atoms with van der Waals surface area (Å²) in [6, 6.07) is 6.05. The van der Waals surface area contributed by atoms with Gasteiger partial charge in [0.1, 0.15) is 0 Å². The smallest absolute Gasteiger partial charge is 0.252 e. The van der Waals surface area contributed by atoms with E-state index in [1.165, 1.54) is 6.42 Å². The third-order valence-corrected chi connectivity index (χ3v) is 5.00. The number of amides is 1. The molecule has 18 heavy (non-hydrogen) atoms. The number of carbonyl (C=O) groups excluding carboxylic acids is 1. The van der Waals surface area contributed by atoms with Gasteiger partial charge in [-0.25, -0.2) is 0 Å². The Morgan fingerprint density at radius 2 is 2.11 bits per heavy atom. The maximum absolute atomic E-state index is 12.3. The lowest BCUT2D eigenvalue weighted by molar-refractivity contribution is 0.0920. The predicted molar refractivity (Wildman–Crippen MR) is 81.6 cm³/mol. The van der Waals surface area contributed by atoms with Gasteiger partial charge in [0.25, 0.3) is 5.91 Å². The molecule has 1 aromatic carbocycles. The summed E-state index contributed by atoms with van der Waals surface area (Å²) in [5, 5.41) is 3.08. The second kappa shape index (κ2) is 6.02. The number of rotatable bonds is 2. The maximum atomic E-state index is 12.3. The van der Waals surface area contributed by atoms with Gasteiger partial charge in [-0.1, -0.05) is 25.0 Å². The van der Waals surface area contributed by atoms with Crippen LogP contribution in [-0.4, -0.2) is 18.0 Å². The first-order valence-electron chi connectivity index (χ1n) is 6.41. The van der Waals surface area contributed by atoms with Crippen LogP contribution in [-0.2, 0) is 0 Å². The van der Waals surface area contributed by atoms with Crippen LogP contribution in [0.3, 0.4) is 0 Å². The fourth-order valence-corrected chi connectivity index (χ4v) is 3.01. The van der Waals surface area contributed by atoms with Gasteiger partial charge in [0, 0.05) is 15.7 Å². The molecular weight excluding hydrogens is 339 g/mol. The molecule has 2 rings (SSSR count). The van der Waals surface area contributed by atoms with Crippen molar-refractivity contribution in [1.29, 1.82) is 0 Å². The van der Waals surface area contributed by atoms with Crippen molar-refractivity contribution in [3.05, 3.63) is 32.9 Å². The van der Waals surface area contributed by atoms with Gasteiger partial charge in [0.2, 0.25) is 0 Å². The minimum atomic E-state index is 0.00505. The molecule has 0 unspecified atom stereocenters. The van der Waals surface area contributed by atoms with Crippen molar-refractivity contribution >= 4 is 28.5 Å². The van der Waals surface area contributed by atoms with E-state index in [9.17, 15) is 4.79 Å². The number of aryl methyl sites for hydroxylation is 1. The number of halogens is 1. The van der Waals surface area contributed by atoms with E-state index >= 15 is 0 Å². The van der Waals surface area contributed by atoms with Crippen molar-refractivity contribution in [2.75, 3.05) is 0 Å². The second-order valence-corrected chi connectivity index (χ2v) is 6.04. The van der Waals surface area contributed by atoms with E-state index in [1.54, 1.807) is 0 Å². The lowest BCUT2D eigenvalue weighted by atomic mass is 9.91. The highest BCUT2D eigenvalue weighted by molar-refractivity contribution is 14.1. The van der Waals surface area contributed by atoms with E-state index in [0.717, 1.165) is 34.0 Å². The summed E-state index contributed by atoms with van der Waals surface area (Å²) in [4.78, 5) is 12.3. The van der Waals surface area contributed by atoms with E-state index in [-0.39, 0.29) is 18.0 Å². The Labute approximate surface area is 122 Å². The lowest BCUT2D eigenvalue weighted by Crippen LogP contribution is -2.49. The van der Waals surface area contributed by atoms with Crippen molar-refractivity contribution in [1.82, 2.24) is 5.32 Å². The minimum Gasteiger partial charge on any atom is -0.348 e. The molecule has 3 N–H and O–H groups in total. The summed E-state index contributed by atoms with van der Waals surface area (Å²) < 4.78 is 1.02. The van der Waals surface area contributed by atoms with Crippen LogP contribution < -0.4 is 11.1 Å². The van der Waals surface area contributed by atoms with Gasteiger partial charge >= 0.3 is 0 Å². The van der Waals surface area contributed by atoms with Gasteiger partial charge in [0.05, 0.1) is 5.56 Å². The van der Waals surface area contributed by atoms with Gasteiger partial charge in [-0.15, -0.1) is 0 Å². The summed E-state index contributed by atoms with van der Waals surface area (Å²) in [6.07, 6.45) is 4.34. The molecule has 98 valence electrons. The molecule has 0 aliphatic heterocycles. The zero-order chi connectivity index (χ0) is 13.1. The first-order chi connectivity index (χ1) is 8.59. The van der Waals surface area contributed by atoms with Gasteiger partial charge in [-0.05, 0) is 54.0 Å². The van der Waals surface area contributed by atoms with E-state index in [4.69, 9.17) is 5.73 Å². The standard InChI is InChI=1S/C14H19IN2O/c1-9-5-4-6-10(13(9)15)14(18)17-12-8-3-2-7-11(12)16/h4-6,11-12H,2-3,7-8,16H2,1H3,(H,17,18)/t11-,12-/m1/s1. The van der Waals surface area contributed by atoms with Gasteiger partial charge < -0.3 is 11.1 Å². The Morgan fingerprint density at radius 1 is 1.39 bits per heavy atom. The van der Waals surface area contributed by atoms with Crippen molar-refractivity contribution in [2.45, 2.75) is 44.7 Å². The Morgan fingerprint density at radius 3 is 2.83 bits per heavy atom. The Kier molecular flexibility index (Phi) is 4.61. The second-order valence-electron chi connectivity index (χ2n) is 4.96. The van der Waals surface area contributed by atoms with Gasteiger partial charge in [-0.3, -0.25) is 4.79 Å². The summed E-state index contributed by atoms with van der Waals surface area (Å²) in [5.74, 6) is 0.00505. The summed E-state index contributed by atoms with van der Waals surface area (Å²) in [6.45, 7) is 2.02. The Balaban J connectivity index is 2.09. The number of nitrogens with two attached hydrogens (primary N) is 1. The first-order valence-corrected chi connectivity index (χ1v) is 7.49. The Bertz CT molecular complexity index is 447. The monoisotopic (exact) mass is 358 g/mol. The third kappa shape index (κ3) is 3.03. The number of nitrogens with one attached hydrogen (secondary N) is 1. The molecular formula is C14H19IN2O. The average Bonchev–Trinajstić information content (AvgIpc) is 2.35. The number of benzene rings is 1. The highest BCUT2D eigenvalue weighted by atomic mass is 127. The van der Waals surface area contributed by atoms with Crippen LogP contribution in [0.25, 0.3) is 0 Å². The highest BCUT2D eigenvalue weighted by Gasteiger charge is 2.24. The van der Waals surface area contributed by atoms with E-state index < -0.39 is 0 Å². The number of hydrogen-bond donors (Lipinski definition) is 2. The van der Waals surface area contributed by atoms with Crippen LogP contribution >= 0.6 is 22.6 Å². The molecule has 1 aromatic rings. The molecule has 2 atom stereocenters. The summed E-state index contributed by atoms with van der Waals surface area (Å²) in [7, 11) is 0. The van der Waals surface area contributed by atoms with Crippen LogP contribution in [0.4, 0.5) is 0 Å². The molecule has 3 nitrogen and oxygen atoms in total. The molecule has 0 saturated heterocycles. The van der Waals surface area contributed by atoms with Gasteiger partial charge in [0.15, 0.2) is 0 Å². The Hall–Kier alpha value is -0.620. The number of hydrogen-bond acceptors (Lipinski definition) is 2. The molecule has 0 aromatic heterocycles. The largest absolute Gasteiger partial charge is 0.348 e. The SMILES string of the molecule is Cc1cccc(C(=O)N[C@@H]2CCCC[C@H]2N)c1I. The van der Waals surface area contributed by atoms with Crippen molar-refractivity contribution in [2.24, 2.45) is 5.73 Å². The average molecular weight is 358 g/mol. The quantitative estimate of drug-likeness (QED) is 0.799. The van der Waals surface area contributed by atoms with Crippen LogP contribution in [0.15, 0.2) is 18.2 Å². The van der Waals surface area contributed by atoms with Crippen LogP contribution in [0.5, 0.6) is 0 Å². The normalized spacial score (nSPS) is 23.7.